The molecular formula is C10H19ClN4O. The van der Waals surface area contributed by atoms with Crippen molar-refractivity contribution >= 4 is 18.3 Å². The summed E-state index contributed by atoms with van der Waals surface area (Å²) in [5.41, 5.74) is 1.44. The van der Waals surface area contributed by atoms with Gasteiger partial charge in [-0.15, -0.1) is 12.4 Å². The Bertz CT molecular complexity index is 331. The van der Waals surface area contributed by atoms with Crippen LogP contribution in [0.1, 0.15) is 23.1 Å². The second kappa shape index (κ2) is 6.50. The van der Waals surface area contributed by atoms with Crippen molar-refractivity contribution in [2.45, 2.75) is 19.9 Å². The maximum atomic E-state index is 11.6. The summed E-state index contributed by atoms with van der Waals surface area (Å²) in [6.45, 7) is 4.52. The summed E-state index contributed by atoms with van der Waals surface area (Å²) in [5.74, 6) is -0.124. The van der Waals surface area contributed by atoms with E-state index in [1.54, 1.807) is 10.7 Å². The van der Waals surface area contributed by atoms with E-state index in [-0.39, 0.29) is 24.4 Å². The number of rotatable bonds is 4. The fourth-order valence-corrected chi connectivity index (χ4v) is 1.11. The highest BCUT2D eigenvalue weighted by Crippen LogP contribution is 2.00. The molecule has 92 valence electrons. The molecule has 0 spiro atoms. The largest absolute Gasteiger partial charge is 0.349 e. The minimum Gasteiger partial charge on any atom is -0.349 e. The molecule has 2 N–H and O–H groups in total. The van der Waals surface area contributed by atoms with Gasteiger partial charge in [0.15, 0.2) is 0 Å². The zero-order chi connectivity index (χ0) is 11.4. The molecule has 0 radical (unpaired) electrons. The van der Waals surface area contributed by atoms with Crippen LogP contribution in [0.15, 0.2) is 6.07 Å². The average Bonchev–Trinajstić information content (AvgIpc) is 2.55. The van der Waals surface area contributed by atoms with Crippen molar-refractivity contribution in [1.29, 1.82) is 0 Å². The molecule has 0 bridgehead atoms. The minimum absolute atomic E-state index is 0. The van der Waals surface area contributed by atoms with Gasteiger partial charge in [-0.25, -0.2) is 0 Å². The first kappa shape index (κ1) is 14.9. The third-order valence-electron chi connectivity index (χ3n) is 2.41. The van der Waals surface area contributed by atoms with Crippen molar-refractivity contribution in [2.24, 2.45) is 7.05 Å². The lowest BCUT2D eigenvalue weighted by Crippen LogP contribution is -2.37. The monoisotopic (exact) mass is 246 g/mol. The Kier molecular flexibility index (Phi) is 6.06. The highest BCUT2D eigenvalue weighted by Gasteiger charge is 2.10. The molecule has 1 atom stereocenters. The van der Waals surface area contributed by atoms with Crippen LogP contribution in [0.25, 0.3) is 0 Å². The van der Waals surface area contributed by atoms with Crippen LogP contribution in [0.2, 0.25) is 0 Å². The highest BCUT2D eigenvalue weighted by atomic mass is 35.5. The Morgan fingerprint density at radius 1 is 1.62 bits per heavy atom. The number of hydrogen-bond acceptors (Lipinski definition) is 3. The molecule has 5 nitrogen and oxygen atoms in total. The van der Waals surface area contributed by atoms with E-state index in [0.717, 1.165) is 5.69 Å². The van der Waals surface area contributed by atoms with Crippen LogP contribution < -0.4 is 10.6 Å². The van der Waals surface area contributed by atoms with Gasteiger partial charge in [-0.05, 0) is 27.0 Å². The van der Waals surface area contributed by atoms with Crippen LogP contribution in [-0.2, 0) is 7.05 Å². The summed E-state index contributed by atoms with van der Waals surface area (Å²) in [6, 6.07) is 2.04. The normalized spacial score (nSPS) is 11.8. The summed E-state index contributed by atoms with van der Waals surface area (Å²) in [4.78, 5) is 11.6. The highest BCUT2D eigenvalue weighted by molar-refractivity contribution is 5.92. The van der Waals surface area contributed by atoms with Crippen LogP contribution in [0, 0.1) is 6.92 Å². The number of aromatic nitrogens is 2. The molecule has 0 saturated heterocycles. The molecular weight excluding hydrogens is 228 g/mol. The molecule has 0 saturated carbocycles. The van der Waals surface area contributed by atoms with Gasteiger partial charge in [-0.3, -0.25) is 9.48 Å². The molecule has 6 heteroatoms. The van der Waals surface area contributed by atoms with E-state index in [1.807, 2.05) is 27.9 Å². The second-order valence-corrected chi connectivity index (χ2v) is 3.69. The standard InChI is InChI=1S/C10H18N4O.ClH/c1-7(11-3)6-12-10(15)9-5-8(2)14(4)13-9;/h5,7,11H,6H2,1-4H3,(H,12,15);1H. The summed E-state index contributed by atoms with van der Waals surface area (Å²) in [5, 5.41) is 9.96. The van der Waals surface area contributed by atoms with Gasteiger partial charge in [0.05, 0.1) is 0 Å². The smallest absolute Gasteiger partial charge is 0.271 e. The molecule has 0 aromatic carbocycles. The van der Waals surface area contributed by atoms with Crippen molar-refractivity contribution in [2.75, 3.05) is 13.6 Å². The molecule has 16 heavy (non-hydrogen) atoms. The van der Waals surface area contributed by atoms with Gasteiger partial charge < -0.3 is 10.6 Å². The lowest BCUT2D eigenvalue weighted by molar-refractivity contribution is 0.0945. The third kappa shape index (κ3) is 3.83. The van der Waals surface area contributed by atoms with Gasteiger partial charge in [0, 0.05) is 25.3 Å². The Hall–Kier alpha value is -1.07. The van der Waals surface area contributed by atoms with Crippen molar-refractivity contribution in [3.8, 4) is 0 Å². The molecule has 1 aromatic heterocycles. The first-order valence-electron chi connectivity index (χ1n) is 5.00. The zero-order valence-electron chi connectivity index (χ0n) is 10.1. The predicted molar refractivity (Wildman–Crippen MR) is 66.0 cm³/mol. The minimum atomic E-state index is -0.124. The summed E-state index contributed by atoms with van der Waals surface area (Å²) < 4.78 is 1.69. The lowest BCUT2D eigenvalue weighted by Gasteiger charge is -2.09. The number of amides is 1. The lowest BCUT2D eigenvalue weighted by atomic mass is 10.3. The van der Waals surface area contributed by atoms with Crippen molar-refractivity contribution in [1.82, 2.24) is 20.4 Å². The molecule has 0 aliphatic rings. The Morgan fingerprint density at radius 2 is 2.25 bits per heavy atom. The maximum absolute atomic E-state index is 11.6. The van der Waals surface area contributed by atoms with Gasteiger partial charge in [0.2, 0.25) is 0 Å². The number of carbonyl (C=O) groups is 1. The van der Waals surface area contributed by atoms with Gasteiger partial charge in [0.1, 0.15) is 5.69 Å². The van der Waals surface area contributed by atoms with E-state index < -0.39 is 0 Å². The van der Waals surface area contributed by atoms with Gasteiger partial charge in [-0.2, -0.15) is 5.10 Å². The summed E-state index contributed by atoms with van der Waals surface area (Å²) in [6.07, 6.45) is 0. The number of halogens is 1. The number of likely N-dealkylation sites (N-methyl/N-ethyl adjacent to an activating group) is 1. The van der Waals surface area contributed by atoms with Crippen molar-refractivity contribution in [3.05, 3.63) is 17.5 Å². The number of carbonyl (C=O) groups excluding carboxylic acids is 1. The fourth-order valence-electron chi connectivity index (χ4n) is 1.11. The van der Waals surface area contributed by atoms with E-state index in [9.17, 15) is 4.79 Å². The van der Waals surface area contributed by atoms with Gasteiger partial charge in [-0.1, -0.05) is 0 Å². The van der Waals surface area contributed by atoms with E-state index in [2.05, 4.69) is 15.7 Å². The first-order chi connectivity index (χ1) is 7.04. The molecule has 1 heterocycles. The molecule has 1 unspecified atom stereocenters. The molecule has 1 amide bonds. The first-order valence-corrected chi connectivity index (χ1v) is 5.00. The maximum Gasteiger partial charge on any atom is 0.271 e. The van der Waals surface area contributed by atoms with E-state index in [0.29, 0.717) is 12.2 Å². The number of nitrogens with one attached hydrogen (secondary N) is 2. The van der Waals surface area contributed by atoms with Crippen LogP contribution in [-0.4, -0.2) is 35.3 Å². The number of hydrogen-bond donors (Lipinski definition) is 2. The number of nitrogens with zero attached hydrogens (tertiary/aromatic N) is 2. The second-order valence-electron chi connectivity index (χ2n) is 3.69. The van der Waals surface area contributed by atoms with E-state index in [4.69, 9.17) is 0 Å². The predicted octanol–water partition coefficient (Wildman–Crippen LogP) is 0.488. The molecule has 0 aliphatic carbocycles. The SMILES string of the molecule is CNC(C)CNC(=O)c1cc(C)n(C)n1.Cl. The van der Waals surface area contributed by atoms with Crippen LogP contribution in [0.4, 0.5) is 0 Å². The number of aryl methyl sites for hydroxylation is 2. The van der Waals surface area contributed by atoms with Crippen molar-refractivity contribution in [3.63, 3.8) is 0 Å². The van der Waals surface area contributed by atoms with Crippen molar-refractivity contribution < 1.29 is 4.79 Å². The van der Waals surface area contributed by atoms with Gasteiger partial charge >= 0.3 is 0 Å². The van der Waals surface area contributed by atoms with E-state index in [1.165, 1.54) is 0 Å². The van der Waals surface area contributed by atoms with Gasteiger partial charge in [0.25, 0.3) is 5.91 Å². The molecule has 1 rings (SSSR count). The quantitative estimate of drug-likeness (QED) is 0.813. The Balaban J connectivity index is 0.00000225. The summed E-state index contributed by atoms with van der Waals surface area (Å²) >= 11 is 0. The molecule has 0 fully saturated rings. The van der Waals surface area contributed by atoms with E-state index >= 15 is 0 Å². The third-order valence-corrected chi connectivity index (χ3v) is 2.41. The fraction of sp³-hybridized carbons (Fsp3) is 0.600. The molecule has 0 aliphatic heterocycles. The molecule has 1 aromatic rings. The zero-order valence-corrected chi connectivity index (χ0v) is 10.9. The topological polar surface area (TPSA) is 58.9 Å². The Labute approximate surface area is 102 Å². The van der Waals surface area contributed by atoms with Crippen LogP contribution in [0.3, 0.4) is 0 Å². The summed E-state index contributed by atoms with van der Waals surface area (Å²) in [7, 11) is 3.68. The Morgan fingerprint density at radius 3 is 2.69 bits per heavy atom. The van der Waals surface area contributed by atoms with Crippen LogP contribution in [0.5, 0.6) is 0 Å². The van der Waals surface area contributed by atoms with Crippen LogP contribution >= 0.6 is 12.4 Å². The average molecular weight is 247 g/mol.